The van der Waals surface area contributed by atoms with Crippen LogP contribution in [0.15, 0.2) is 36.5 Å². The summed E-state index contributed by atoms with van der Waals surface area (Å²) in [6.07, 6.45) is 43.8. The summed E-state index contributed by atoms with van der Waals surface area (Å²) in [4.78, 5) is 22.6. The van der Waals surface area contributed by atoms with Crippen LogP contribution in [0.5, 0.6) is 0 Å². The first-order valence-electron chi connectivity index (χ1n) is 22.0. The number of hydrogen-bond acceptors (Lipinski definition) is 8. The lowest BCUT2D eigenvalue weighted by molar-refractivity contribution is -0.154. The van der Waals surface area contributed by atoms with Crippen LogP contribution in [-0.2, 0) is 27.9 Å². The number of aliphatic hydroxyl groups excluding tert-OH is 2. The van der Waals surface area contributed by atoms with E-state index in [4.69, 9.17) is 23.6 Å². The minimum Gasteiger partial charge on any atom is -0.457 e. The van der Waals surface area contributed by atoms with E-state index < -0.39 is 39.2 Å². The highest BCUT2D eigenvalue weighted by atomic mass is 31.2. The Morgan fingerprint density at radius 3 is 1.56 bits per heavy atom. The largest absolute Gasteiger partial charge is 0.472 e. The van der Waals surface area contributed by atoms with Gasteiger partial charge in [-0.25, -0.2) is 4.57 Å². The van der Waals surface area contributed by atoms with Crippen molar-refractivity contribution in [1.29, 1.82) is 0 Å². The van der Waals surface area contributed by atoms with Gasteiger partial charge in [0.15, 0.2) is 0 Å². The monoisotopic (exact) mass is 787 g/mol. The molecule has 3 N–H and O–H groups in total. The summed E-state index contributed by atoms with van der Waals surface area (Å²) in [5, 5.41) is 18.3. The topological polar surface area (TPSA) is 132 Å². The third-order valence-corrected chi connectivity index (χ3v) is 10.2. The van der Waals surface area contributed by atoms with Crippen molar-refractivity contribution in [3.8, 4) is 0 Å². The third-order valence-electron chi connectivity index (χ3n) is 9.30. The van der Waals surface area contributed by atoms with Crippen LogP contribution < -0.4 is 0 Å². The number of aliphatic hydroxyl groups is 2. The second-order valence-electron chi connectivity index (χ2n) is 14.7. The van der Waals surface area contributed by atoms with Gasteiger partial charge in [0.25, 0.3) is 0 Å². The van der Waals surface area contributed by atoms with Gasteiger partial charge in [-0.2, -0.15) is 0 Å². The van der Waals surface area contributed by atoms with E-state index in [2.05, 4.69) is 50.3 Å². The van der Waals surface area contributed by atoms with Gasteiger partial charge < -0.3 is 24.6 Å². The first kappa shape index (κ1) is 52.7. The van der Waals surface area contributed by atoms with E-state index in [0.29, 0.717) is 6.61 Å². The van der Waals surface area contributed by atoms with Crippen LogP contribution in [0, 0.1) is 0 Å². The number of carbonyl (C=O) groups excluding carboxylic acids is 1. The average molecular weight is 787 g/mol. The van der Waals surface area contributed by atoms with Crippen LogP contribution in [0.25, 0.3) is 0 Å². The number of rotatable bonds is 42. The third kappa shape index (κ3) is 40.3. The van der Waals surface area contributed by atoms with Gasteiger partial charge in [-0.15, -0.1) is 0 Å². The molecule has 0 rings (SSSR count). The Hall–Kier alpha value is -1.32. The Morgan fingerprint density at radius 2 is 1.02 bits per heavy atom. The quantitative estimate of drug-likeness (QED) is 0.0239. The van der Waals surface area contributed by atoms with Gasteiger partial charge in [0.2, 0.25) is 0 Å². The van der Waals surface area contributed by atoms with Crippen molar-refractivity contribution >= 4 is 13.8 Å². The maximum Gasteiger partial charge on any atom is 0.472 e. The first-order chi connectivity index (χ1) is 26.3. The summed E-state index contributed by atoms with van der Waals surface area (Å²) < 4.78 is 33.4. The molecule has 0 fully saturated rings. The Balaban J connectivity index is 4.18. The molecule has 0 amide bonds. The molecule has 0 spiro atoms. The zero-order valence-electron chi connectivity index (χ0n) is 34.7. The lowest BCUT2D eigenvalue weighted by atomic mass is 10.1. The molecule has 0 aliphatic heterocycles. The molecule has 10 heteroatoms. The molecular weight excluding hydrogens is 703 g/mol. The van der Waals surface area contributed by atoms with Crippen LogP contribution in [-0.4, -0.2) is 66.3 Å². The maximum absolute atomic E-state index is 12.6. The van der Waals surface area contributed by atoms with Gasteiger partial charge in [0, 0.05) is 13.0 Å². The zero-order chi connectivity index (χ0) is 39.6. The summed E-state index contributed by atoms with van der Waals surface area (Å²) in [7, 11) is -4.52. The fourth-order valence-corrected chi connectivity index (χ4v) is 6.69. The minimum atomic E-state index is -4.52. The van der Waals surface area contributed by atoms with Crippen LogP contribution in [0.4, 0.5) is 0 Å². The molecular formula is C44H83O9P. The van der Waals surface area contributed by atoms with E-state index in [1.807, 2.05) is 0 Å². The molecule has 0 saturated heterocycles. The number of ether oxygens (including phenoxy) is 2. The molecule has 0 heterocycles. The highest BCUT2D eigenvalue weighted by Gasteiger charge is 2.26. The van der Waals surface area contributed by atoms with Gasteiger partial charge in [-0.05, 0) is 64.2 Å². The molecule has 3 unspecified atom stereocenters. The summed E-state index contributed by atoms with van der Waals surface area (Å²) >= 11 is 0. The lowest BCUT2D eigenvalue weighted by Gasteiger charge is -2.20. The van der Waals surface area contributed by atoms with E-state index in [9.17, 15) is 19.4 Å². The molecule has 0 aromatic carbocycles. The van der Waals surface area contributed by atoms with Crippen LogP contribution >= 0.6 is 7.82 Å². The molecule has 3 atom stereocenters. The van der Waals surface area contributed by atoms with Crippen LogP contribution in [0.2, 0.25) is 0 Å². The molecule has 0 aliphatic rings. The van der Waals surface area contributed by atoms with E-state index in [-0.39, 0.29) is 19.6 Å². The Bertz CT molecular complexity index is 939. The van der Waals surface area contributed by atoms with Gasteiger partial charge in [0.1, 0.15) is 12.2 Å². The van der Waals surface area contributed by atoms with Gasteiger partial charge in [-0.1, -0.05) is 159 Å². The lowest BCUT2D eigenvalue weighted by Crippen LogP contribution is -2.29. The minimum absolute atomic E-state index is 0.0411. The molecule has 0 aliphatic carbocycles. The molecule has 9 nitrogen and oxygen atoms in total. The van der Waals surface area contributed by atoms with E-state index in [0.717, 1.165) is 64.2 Å². The SMILES string of the molecule is CCCC/C=C\C/C=C\CCCCCCCCOCC(COP(=O)(O)OCC(O)CO)OC(=O)CCCCCCCCC/C=C\CCCCCCCCC. The maximum atomic E-state index is 12.6. The predicted octanol–water partition coefficient (Wildman–Crippen LogP) is 12.0. The second kappa shape index (κ2) is 41.3. The van der Waals surface area contributed by atoms with Crippen molar-refractivity contribution in [2.45, 2.75) is 206 Å². The van der Waals surface area contributed by atoms with Crippen LogP contribution in [0.1, 0.15) is 194 Å². The predicted molar refractivity (Wildman–Crippen MR) is 224 cm³/mol. The van der Waals surface area contributed by atoms with E-state index in [1.54, 1.807) is 0 Å². The molecule has 0 saturated carbocycles. The number of phosphoric acid groups is 1. The van der Waals surface area contributed by atoms with E-state index in [1.165, 1.54) is 109 Å². The van der Waals surface area contributed by atoms with Crippen molar-refractivity contribution < 1.29 is 43.0 Å². The number of hydrogen-bond donors (Lipinski definition) is 3. The van der Waals surface area contributed by atoms with Crippen LogP contribution in [0.3, 0.4) is 0 Å². The standard InChI is InChI=1S/C44H83O9P/c1-3-5-7-9-11-13-15-17-19-20-21-22-24-26-28-30-32-34-36-44(47)53-43(41-52-54(48,49)51-39-42(46)38-45)40-50-37-35-33-31-29-27-25-23-18-16-14-12-10-8-6-4-2/h10,12,16,18-20,42-43,45-46H,3-9,11,13-15,17,21-41H2,1-2H3,(H,48,49)/b12-10-,18-16-,20-19-. The zero-order valence-corrected chi connectivity index (χ0v) is 35.6. The molecule has 318 valence electrons. The van der Waals surface area contributed by atoms with Gasteiger partial charge in [0.05, 0.1) is 26.4 Å². The van der Waals surface area contributed by atoms with Crippen molar-refractivity contribution in [2.24, 2.45) is 0 Å². The molecule has 0 bridgehead atoms. The summed E-state index contributed by atoms with van der Waals surface area (Å²) in [6, 6.07) is 0. The molecule has 0 radical (unpaired) electrons. The molecule has 0 aromatic heterocycles. The summed E-state index contributed by atoms with van der Waals surface area (Å²) in [6.45, 7) is 3.46. The summed E-state index contributed by atoms with van der Waals surface area (Å²) in [5.41, 5.74) is 0. The fourth-order valence-electron chi connectivity index (χ4n) is 5.90. The number of allylic oxidation sites excluding steroid dienone is 6. The molecule has 0 aromatic rings. The Morgan fingerprint density at radius 1 is 0.574 bits per heavy atom. The number of unbranched alkanes of at least 4 members (excludes halogenated alkanes) is 22. The first-order valence-corrected chi connectivity index (χ1v) is 23.5. The second-order valence-corrected chi connectivity index (χ2v) is 16.2. The Kier molecular flexibility index (Phi) is 40.3. The van der Waals surface area contributed by atoms with Crippen molar-refractivity contribution in [3.63, 3.8) is 0 Å². The number of carbonyl (C=O) groups is 1. The fraction of sp³-hybridized carbons (Fsp3) is 0.841. The van der Waals surface area contributed by atoms with Gasteiger partial charge in [-0.3, -0.25) is 13.8 Å². The highest BCUT2D eigenvalue weighted by molar-refractivity contribution is 7.47. The smallest absolute Gasteiger partial charge is 0.457 e. The highest BCUT2D eigenvalue weighted by Crippen LogP contribution is 2.43. The normalized spacial score (nSPS) is 14.4. The van der Waals surface area contributed by atoms with Crippen molar-refractivity contribution in [1.82, 2.24) is 0 Å². The van der Waals surface area contributed by atoms with Crippen molar-refractivity contribution in [3.05, 3.63) is 36.5 Å². The molecule has 54 heavy (non-hydrogen) atoms. The van der Waals surface area contributed by atoms with Gasteiger partial charge >= 0.3 is 13.8 Å². The van der Waals surface area contributed by atoms with E-state index >= 15 is 0 Å². The average Bonchev–Trinajstić information content (AvgIpc) is 3.16. The summed E-state index contributed by atoms with van der Waals surface area (Å²) in [5.74, 6) is -0.391. The van der Waals surface area contributed by atoms with Crippen molar-refractivity contribution in [2.75, 3.05) is 33.0 Å². The Labute approximate surface area is 331 Å². The number of esters is 1. The number of phosphoric ester groups is 1.